The third kappa shape index (κ3) is 5.34. The molecule has 0 bridgehead atoms. The summed E-state index contributed by atoms with van der Waals surface area (Å²) in [5, 5.41) is 2.88. The average Bonchev–Trinajstić information content (AvgIpc) is 2.55. The van der Waals surface area contributed by atoms with Gasteiger partial charge in [-0.25, -0.2) is 0 Å². The Morgan fingerprint density at radius 1 is 1.04 bits per heavy atom. The Bertz CT molecular complexity index is 668. The van der Waals surface area contributed by atoms with Crippen molar-refractivity contribution < 1.29 is 14.5 Å². The molecule has 0 aromatic heterocycles. The van der Waals surface area contributed by atoms with Gasteiger partial charge in [-0.3, -0.25) is 9.59 Å². The van der Waals surface area contributed by atoms with Crippen molar-refractivity contribution in [3.05, 3.63) is 65.7 Å². The molecule has 1 amide bonds. The number of nitrogens with one attached hydrogen (secondary N) is 2. The highest BCUT2D eigenvalue weighted by molar-refractivity contribution is 5.97. The summed E-state index contributed by atoms with van der Waals surface area (Å²) in [5.41, 5.74) is 2.49. The van der Waals surface area contributed by atoms with Crippen molar-refractivity contribution in [3.63, 3.8) is 0 Å². The van der Waals surface area contributed by atoms with Gasteiger partial charge in [0.1, 0.15) is 6.54 Å². The molecule has 0 radical (unpaired) electrons. The first-order valence-electron chi connectivity index (χ1n) is 7.87. The van der Waals surface area contributed by atoms with Gasteiger partial charge in [0.15, 0.2) is 12.3 Å². The van der Waals surface area contributed by atoms with Gasteiger partial charge in [-0.2, -0.15) is 0 Å². The lowest BCUT2D eigenvalue weighted by molar-refractivity contribution is -0.903. The first kappa shape index (κ1) is 16.9. The number of likely N-dealkylation sites (N-methyl/N-ethyl adjacent to an activating group) is 1. The summed E-state index contributed by atoms with van der Waals surface area (Å²) >= 11 is 0. The van der Waals surface area contributed by atoms with Gasteiger partial charge in [0.2, 0.25) is 0 Å². The Morgan fingerprint density at radius 2 is 1.78 bits per heavy atom. The number of Topliss-reactive ketones (excluding diaryl/α,β-unsaturated/α-hetero) is 1. The van der Waals surface area contributed by atoms with Crippen molar-refractivity contribution in [1.82, 2.24) is 0 Å². The number of hydrogen-bond acceptors (Lipinski definition) is 2. The molecule has 0 aliphatic heterocycles. The van der Waals surface area contributed by atoms with Crippen LogP contribution in [-0.2, 0) is 11.3 Å². The number of anilines is 1. The Labute approximate surface area is 137 Å². The van der Waals surface area contributed by atoms with Crippen LogP contribution in [0.1, 0.15) is 29.8 Å². The second kappa shape index (κ2) is 8.25. The van der Waals surface area contributed by atoms with E-state index in [1.54, 1.807) is 24.3 Å². The van der Waals surface area contributed by atoms with E-state index in [9.17, 15) is 9.59 Å². The molecule has 4 heteroatoms. The van der Waals surface area contributed by atoms with E-state index in [-0.39, 0.29) is 11.7 Å². The minimum atomic E-state index is -0.0431. The van der Waals surface area contributed by atoms with Crippen LogP contribution in [0.25, 0.3) is 0 Å². The maximum absolute atomic E-state index is 12.2. The van der Waals surface area contributed by atoms with E-state index < -0.39 is 0 Å². The van der Waals surface area contributed by atoms with Crippen LogP contribution in [0.5, 0.6) is 0 Å². The standard InChI is InChI=1S/C19H22N2O2/c1-3-21(13-16-8-5-4-6-9-16)14-19(23)20-18-11-7-10-17(12-18)15(2)22/h4-12H,3,13-14H2,1-2H3,(H,20,23)/p+1. The normalized spacial score (nSPS) is 11.7. The molecular weight excluding hydrogens is 288 g/mol. The fourth-order valence-corrected chi connectivity index (χ4v) is 2.45. The zero-order valence-electron chi connectivity index (χ0n) is 13.6. The molecule has 0 aliphatic rings. The monoisotopic (exact) mass is 311 g/mol. The molecular formula is C19H23N2O2+. The molecule has 120 valence electrons. The Morgan fingerprint density at radius 3 is 2.43 bits per heavy atom. The van der Waals surface area contributed by atoms with Crippen molar-refractivity contribution in [3.8, 4) is 0 Å². The van der Waals surface area contributed by atoms with Crippen LogP contribution in [0.4, 0.5) is 5.69 Å². The number of ketones is 1. The van der Waals surface area contributed by atoms with Crippen LogP contribution in [0.2, 0.25) is 0 Å². The van der Waals surface area contributed by atoms with Crippen molar-refractivity contribution >= 4 is 17.4 Å². The molecule has 0 saturated heterocycles. The third-order valence-corrected chi connectivity index (χ3v) is 3.76. The Hall–Kier alpha value is -2.46. The average molecular weight is 311 g/mol. The molecule has 0 spiro atoms. The maximum atomic E-state index is 12.2. The number of amides is 1. The van der Waals surface area contributed by atoms with Crippen LogP contribution in [0.3, 0.4) is 0 Å². The summed E-state index contributed by atoms with van der Waals surface area (Å²) in [7, 11) is 0. The number of rotatable bonds is 7. The van der Waals surface area contributed by atoms with Crippen molar-refractivity contribution in [2.24, 2.45) is 0 Å². The molecule has 23 heavy (non-hydrogen) atoms. The molecule has 2 N–H and O–H groups in total. The molecule has 1 unspecified atom stereocenters. The highest BCUT2D eigenvalue weighted by atomic mass is 16.2. The minimum Gasteiger partial charge on any atom is -0.324 e. The van der Waals surface area contributed by atoms with E-state index >= 15 is 0 Å². The van der Waals surface area contributed by atoms with Gasteiger partial charge < -0.3 is 10.2 Å². The second-order valence-electron chi connectivity index (χ2n) is 5.63. The summed E-state index contributed by atoms with van der Waals surface area (Å²) in [6, 6.07) is 17.2. The van der Waals surface area contributed by atoms with E-state index in [4.69, 9.17) is 0 Å². The van der Waals surface area contributed by atoms with Gasteiger partial charge in [-0.15, -0.1) is 0 Å². The van der Waals surface area contributed by atoms with Gasteiger partial charge in [0.25, 0.3) is 5.91 Å². The molecule has 2 aromatic rings. The molecule has 2 aromatic carbocycles. The predicted molar refractivity (Wildman–Crippen MR) is 91.6 cm³/mol. The quantitative estimate of drug-likeness (QED) is 0.768. The highest BCUT2D eigenvalue weighted by Gasteiger charge is 2.13. The fourth-order valence-electron chi connectivity index (χ4n) is 2.45. The molecule has 0 fully saturated rings. The van der Waals surface area contributed by atoms with Gasteiger partial charge in [-0.05, 0) is 26.0 Å². The predicted octanol–water partition coefficient (Wildman–Crippen LogP) is 1.93. The number of hydrogen-bond donors (Lipinski definition) is 2. The Kier molecular flexibility index (Phi) is 6.06. The lowest BCUT2D eigenvalue weighted by atomic mass is 10.1. The number of quaternary nitrogens is 1. The van der Waals surface area contributed by atoms with E-state index in [0.717, 1.165) is 13.1 Å². The summed E-state index contributed by atoms with van der Waals surface area (Å²) in [6.45, 7) is 5.68. The van der Waals surface area contributed by atoms with Gasteiger partial charge in [0, 0.05) is 16.8 Å². The van der Waals surface area contributed by atoms with Crippen LogP contribution in [-0.4, -0.2) is 24.8 Å². The highest BCUT2D eigenvalue weighted by Crippen LogP contribution is 2.10. The van der Waals surface area contributed by atoms with Gasteiger partial charge in [0.05, 0.1) is 6.54 Å². The van der Waals surface area contributed by atoms with E-state index in [2.05, 4.69) is 24.4 Å². The van der Waals surface area contributed by atoms with Crippen LogP contribution in [0.15, 0.2) is 54.6 Å². The lowest BCUT2D eigenvalue weighted by Crippen LogP contribution is -3.11. The van der Waals surface area contributed by atoms with Crippen LogP contribution in [0, 0.1) is 0 Å². The molecule has 1 atom stereocenters. The summed E-state index contributed by atoms with van der Waals surface area (Å²) in [4.78, 5) is 24.8. The maximum Gasteiger partial charge on any atom is 0.279 e. The topological polar surface area (TPSA) is 50.6 Å². The van der Waals surface area contributed by atoms with Crippen LogP contribution >= 0.6 is 0 Å². The number of carbonyl (C=O) groups excluding carboxylic acids is 2. The summed E-state index contributed by atoms with van der Waals surface area (Å²) in [6.07, 6.45) is 0. The molecule has 0 heterocycles. The van der Waals surface area contributed by atoms with Crippen LogP contribution < -0.4 is 10.2 Å². The molecule has 2 rings (SSSR count). The largest absolute Gasteiger partial charge is 0.324 e. The lowest BCUT2D eigenvalue weighted by Gasteiger charge is -2.17. The summed E-state index contributed by atoms with van der Waals surface area (Å²) in [5.74, 6) is -0.0514. The first-order valence-corrected chi connectivity index (χ1v) is 7.87. The van der Waals surface area contributed by atoms with Crippen molar-refractivity contribution in [1.29, 1.82) is 0 Å². The first-order chi connectivity index (χ1) is 11.1. The minimum absolute atomic E-state index is 0.00835. The third-order valence-electron chi connectivity index (χ3n) is 3.76. The zero-order chi connectivity index (χ0) is 16.7. The van der Waals surface area contributed by atoms with Gasteiger partial charge in [-0.1, -0.05) is 42.5 Å². The number of carbonyl (C=O) groups is 2. The fraction of sp³-hybridized carbons (Fsp3) is 0.263. The molecule has 4 nitrogen and oxygen atoms in total. The van der Waals surface area contributed by atoms with E-state index in [0.29, 0.717) is 17.8 Å². The second-order valence-corrected chi connectivity index (χ2v) is 5.63. The molecule has 0 saturated carbocycles. The van der Waals surface area contributed by atoms with E-state index in [1.165, 1.54) is 17.4 Å². The SMILES string of the molecule is CC[NH+](CC(=O)Nc1cccc(C(C)=O)c1)Cc1ccccc1. The number of benzene rings is 2. The van der Waals surface area contributed by atoms with Gasteiger partial charge >= 0.3 is 0 Å². The smallest absolute Gasteiger partial charge is 0.279 e. The molecule has 0 aliphatic carbocycles. The van der Waals surface area contributed by atoms with E-state index in [1.807, 2.05) is 18.2 Å². The van der Waals surface area contributed by atoms with Crippen molar-refractivity contribution in [2.75, 3.05) is 18.4 Å². The zero-order valence-corrected chi connectivity index (χ0v) is 13.6. The summed E-state index contributed by atoms with van der Waals surface area (Å²) < 4.78 is 0. The Balaban J connectivity index is 1.95. The van der Waals surface area contributed by atoms with Crippen molar-refractivity contribution in [2.45, 2.75) is 20.4 Å².